The van der Waals surface area contributed by atoms with Crippen LogP contribution < -0.4 is 0 Å². The SMILES string of the molecule is Cc1nc(-n2c(O)c(O)c(C(=O)c3cccs3)c2-c2ccco2)sc1C. The van der Waals surface area contributed by atoms with Crippen LogP contribution in [-0.4, -0.2) is 25.5 Å². The van der Waals surface area contributed by atoms with Gasteiger partial charge in [0, 0.05) is 4.88 Å². The summed E-state index contributed by atoms with van der Waals surface area (Å²) in [5.74, 6) is -0.959. The summed E-state index contributed by atoms with van der Waals surface area (Å²) in [5.41, 5.74) is 1.08. The molecule has 26 heavy (non-hydrogen) atoms. The third-order valence-corrected chi connectivity index (χ3v) is 5.98. The third kappa shape index (κ3) is 2.46. The van der Waals surface area contributed by atoms with E-state index in [0.717, 1.165) is 10.6 Å². The van der Waals surface area contributed by atoms with Gasteiger partial charge < -0.3 is 14.6 Å². The van der Waals surface area contributed by atoms with Crippen molar-refractivity contribution in [2.45, 2.75) is 13.8 Å². The second-order valence-corrected chi connectivity index (χ2v) is 7.78. The highest BCUT2D eigenvalue weighted by Gasteiger charge is 2.32. The number of carbonyl (C=O) groups is 1. The second-order valence-electron chi connectivity index (χ2n) is 5.65. The Kier molecular flexibility index (Phi) is 3.93. The number of hydrogen-bond acceptors (Lipinski definition) is 7. The van der Waals surface area contributed by atoms with Crippen molar-refractivity contribution in [1.29, 1.82) is 0 Å². The molecule has 4 heterocycles. The van der Waals surface area contributed by atoms with Crippen molar-refractivity contribution in [3.8, 4) is 28.2 Å². The fourth-order valence-corrected chi connectivity index (χ4v) is 4.27. The molecular formula is C18H14N2O4S2. The molecule has 0 saturated heterocycles. The normalized spacial score (nSPS) is 11.2. The molecule has 6 nitrogen and oxygen atoms in total. The highest BCUT2D eigenvalue weighted by molar-refractivity contribution is 7.14. The zero-order chi connectivity index (χ0) is 18.4. The fraction of sp³-hybridized carbons (Fsp3) is 0.111. The lowest BCUT2D eigenvalue weighted by atomic mass is 10.1. The molecule has 4 aromatic heterocycles. The van der Waals surface area contributed by atoms with E-state index in [1.165, 1.54) is 33.5 Å². The average Bonchev–Trinajstić information content (AvgIpc) is 3.38. The molecule has 0 spiro atoms. The number of furan rings is 1. The lowest BCUT2D eigenvalue weighted by Gasteiger charge is -2.06. The van der Waals surface area contributed by atoms with Gasteiger partial charge in [0.1, 0.15) is 5.69 Å². The number of nitrogens with zero attached hydrogens (tertiary/aromatic N) is 2. The molecule has 132 valence electrons. The summed E-state index contributed by atoms with van der Waals surface area (Å²) in [4.78, 5) is 18.9. The van der Waals surface area contributed by atoms with Crippen LogP contribution in [0.1, 0.15) is 25.8 Å². The van der Waals surface area contributed by atoms with E-state index in [1.54, 1.807) is 29.6 Å². The van der Waals surface area contributed by atoms with E-state index in [9.17, 15) is 15.0 Å². The van der Waals surface area contributed by atoms with Gasteiger partial charge in [0.2, 0.25) is 11.7 Å². The van der Waals surface area contributed by atoms with Gasteiger partial charge in [0.15, 0.2) is 16.6 Å². The Labute approximate surface area is 156 Å². The van der Waals surface area contributed by atoms with Crippen molar-refractivity contribution >= 4 is 28.5 Å². The van der Waals surface area contributed by atoms with E-state index < -0.39 is 11.6 Å². The van der Waals surface area contributed by atoms with Crippen LogP contribution in [0.2, 0.25) is 0 Å². The highest BCUT2D eigenvalue weighted by atomic mass is 32.1. The standard InChI is InChI=1S/C18H14N2O4S2/c1-9-10(2)26-18(19-9)20-14(11-5-3-7-24-11)13(16(22)17(20)23)15(21)12-6-4-8-25-12/h3-8,22-23H,1-2H3. The van der Waals surface area contributed by atoms with Crippen molar-refractivity contribution < 1.29 is 19.4 Å². The van der Waals surface area contributed by atoms with Crippen molar-refractivity contribution in [1.82, 2.24) is 9.55 Å². The van der Waals surface area contributed by atoms with Crippen LogP contribution in [0.25, 0.3) is 16.6 Å². The van der Waals surface area contributed by atoms with Crippen LogP contribution in [0.15, 0.2) is 40.3 Å². The minimum Gasteiger partial charge on any atom is -0.503 e. The van der Waals surface area contributed by atoms with Gasteiger partial charge in [-0.1, -0.05) is 6.07 Å². The Morgan fingerprint density at radius 2 is 2.04 bits per heavy atom. The Hall–Kier alpha value is -2.84. The first-order valence-electron chi connectivity index (χ1n) is 7.72. The molecule has 8 heteroatoms. The maximum Gasteiger partial charge on any atom is 0.242 e. The molecule has 0 fully saturated rings. The first-order valence-corrected chi connectivity index (χ1v) is 9.41. The van der Waals surface area contributed by atoms with Crippen LogP contribution in [0.4, 0.5) is 0 Å². The topological polar surface area (TPSA) is 88.5 Å². The Morgan fingerprint density at radius 1 is 1.23 bits per heavy atom. The summed E-state index contributed by atoms with van der Waals surface area (Å²) in [6, 6.07) is 6.78. The molecule has 0 aliphatic heterocycles. The zero-order valence-corrected chi connectivity index (χ0v) is 15.5. The van der Waals surface area contributed by atoms with Gasteiger partial charge >= 0.3 is 0 Å². The Morgan fingerprint density at radius 3 is 2.62 bits per heavy atom. The lowest BCUT2D eigenvalue weighted by Crippen LogP contribution is -2.03. The largest absolute Gasteiger partial charge is 0.503 e. The monoisotopic (exact) mass is 386 g/mol. The van der Waals surface area contributed by atoms with E-state index in [1.807, 2.05) is 13.8 Å². The summed E-state index contributed by atoms with van der Waals surface area (Å²) in [6.45, 7) is 3.78. The van der Waals surface area contributed by atoms with Crippen LogP contribution >= 0.6 is 22.7 Å². The van der Waals surface area contributed by atoms with E-state index in [2.05, 4.69) is 4.98 Å². The third-order valence-electron chi connectivity index (χ3n) is 4.06. The van der Waals surface area contributed by atoms with Gasteiger partial charge in [-0.25, -0.2) is 9.55 Å². The first-order chi connectivity index (χ1) is 12.5. The summed E-state index contributed by atoms with van der Waals surface area (Å²) >= 11 is 2.62. The molecule has 0 bridgehead atoms. The van der Waals surface area contributed by atoms with Crippen LogP contribution in [-0.2, 0) is 0 Å². The molecule has 0 unspecified atom stereocenters. The smallest absolute Gasteiger partial charge is 0.242 e. The summed E-state index contributed by atoms with van der Waals surface area (Å²) in [7, 11) is 0. The zero-order valence-electron chi connectivity index (χ0n) is 13.9. The number of aryl methyl sites for hydroxylation is 2. The van der Waals surface area contributed by atoms with E-state index in [-0.39, 0.29) is 17.0 Å². The number of thiophene rings is 1. The van der Waals surface area contributed by atoms with Crippen LogP contribution in [0.5, 0.6) is 11.6 Å². The molecule has 4 aromatic rings. The molecule has 0 aliphatic carbocycles. The van der Waals surface area contributed by atoms with Gasteiger partial charge in [-0.3, -0.25) is 4.79 Å². The maximum atomic E-state index is 13.0. The Bertz CT molecular complexity index is 1070. The average molecular weight is 386 g/mol. The lowest BCUT2D eigenvalue weighted by molar-refractivity contribution is 0.104. The van der Waals surface area contributed by atoms with Crippen molar-refractivity contribution in [2.75, 3.05) is 0 Å². The molecule has 0 atom stereocenters. The van der Waals surface area contributed by atoms with Gasteiger partial charge in [-0.15, -0.1) is 22.7 Å². The molecule has 0 aliphatic rings. The van der Waals surface area contributed by atoms with Gasteiger partial charge in [-0.2, -0.15) is 0 Å². The number of ketones is 1. The first kappa shape index (κ1) is 16.6. The predicted molar refractivity (Wildman–Crippen MR) is 99.7 cm³/mol. The highest BCUT2D eigenvalue weighted by Crippen LogP contribution is 2.45. The predicted octanol–water partition coefficient (Wildman–Crippen LogP) is 4.51. The van der Waals surface area contributed by atoms with Crippen LogP contribution in [0, 0.1) is 13.8 Å². The molecule has 0 aromatic carbocycles. The Balaban J connectivity index is 2.04. The number of aromatic nitrogens is 2. The second kappa shape index (κ2) is 6.15. The van der Waals surface area contributed by atoms with Gasteiger partial charge in [-0.05, 0) is 37.4 Å². The number of thiazole rings is 1. The van der Waals surface area contributed by atoms with Crippen molar-refractivity contribution in [3.63, 3.8) is 0 Å². The number of aromatic hydroxyl groups is 2. The fourth-order valence-electron chi connectivity index (χ4n) is 2.68. The van der Waals surface area contributed by atoms with E-state index >= 15 is 0 Å². The number of hydrogen-bond donors (Lipinski definition) is 2. The molecule has 0 saturated carbocycles. The van der Waals surface area contributed by atoms with Crippen molar-refractivity contribution in [3.05, 3.63) is 56.9 Å². The minimum absolute atomic E-state index is 0.00888. The van der Waals surface area contributed by atoms with Crippen LogP contribution in [0.3, 0.4) is 0 Å². The minimum atomic E-state index is -0.486. The summed E-state index contributed by atoms with van der Waals surface area (Å²) in [5, 5.41) is 23.4. The molecule has 0 amide bonds. The molecular weight excluding hydrogens is 372 g/mol. The molecule has 4 rings (SSSR count). The maximum absolute atomic E-state index is 13.0. The summed E-state index contributed by atoms with van der Waals surface area (Å²) < 4.78 is 6.84. The number of carbonyl (C=O) groups excluding carboxylic acids is 1. The number of rotatable bonds is 4. The van der Waals surface area contributed by atoms with E-state index in [4.69, 9.17) is 4.42 Å². The van der Waals surface area contributed by atoms with Gasteiger partial charge in [0.25, 0.3) is 0 Å². The molecule has 0 radical (unpaired) electrons. The van der Waals surface area contributed by atoms with Gasteiger partial charge in [0.05, 0.1) is 22.4 Å². The van der Waals surface area contributed by atoms with E-state index in [0.29, 0.717) is 15.8 Å². The van der Waals surface area contributed by atoms with Crippen molar-refractivity contribution in [2.24, 2.45) is 0 Å². The molecule has 2 N–H and O–H groups in total. The quantitative estimate of drug-likeness (QED) is 0.504. The summed E-state index contributed by atoms with van der Waals surface area (Å²) in [6.07, 6.45) is 1.47.